The molecule has 0 aromatic carbocycles. The van der Waals surface area contributed by atoms with Crippen LogP contribution in [-0.4, -0.2) is 23.1 Å². The van der Waals surface area contributed by atoms with Crippen LogP contribution in [0, 0.1) is 6.92 Å². The molecule has 0 aliphatic carbocycles. The molecule has 0 aliphatic heterocycles. The molecule has 5 nitrogen and oxygen atoms in total. The number of pyridine rings is 1. The predicted octanol–water partition coefficient (Wildman–Crippen LogP) is 2.97. The van der Waals surface area contributed by atoms with Gasteiger partial charge in [0, 0.05) is 7.05 Å². The molecule has 6 heteroatoms. The summed E-state index contributed by atoms with van der Waals surface area (Å²) < 4.78 is 5.46. The van der Waals surface area contributed by atoms with Crippen LogP contribution in [0.2, 0.25) is 5.15 Å². The van der Waals surface area contributed by atoms with Crippen molar-refractivity contribution in [3.05, 3.63) is 46.5 Å². The Morgan fingerprint density at radius 2 is 2.16 bits per heavy atom. The van der Waals surface area contributed by atoms with E-state index in [0.29, 0.717) is 12.4 Å². The molecule has 0 saturated carbocycles. The van der Waals surface area contributed by atoms with Crippen molar-refractivity contribution in [2.75, 3.05) is 11.9 Å². The third-order valence-electron chi connectivity index (χ3n) is 2.62. The number of carbonyl (C=O) groups is 1. The Morgan fingerprint density at radius 3 is 2.74 bits per heavy atom. The van der Waals surface area contributed by atoms with Crippen molar-refractivity contribution < 1.29 is 14.3 Å². The Labute approximate surface area is 115 Å². The molecule has 0 aliphatic rings. The van der Waals surface area contributed by atoms with Gasteiger partial charge in [-0.25, -0.2) is 9.78 Å². The third-order valence-corrected chi connectivity index (χ3v) is 2.83. The van der Waals surface area contributed by atoms with Gasteiger partial charge in [-0.15, -0.1) is 0 Å². The van der Waals surface area contributed by atoms with Crippen molar-refractivity contribution in [3.8, 4) is 0 Å². The monoisotopic (exact) mass is 280 g/mol. The molecule has 0 fully saturated rings. The number of halogens is 1. The first-order valence-electron chi connectivity index (χ1n) is 5.63. The van der Waals surface area contributed by atoms with Gasteiger partial charge in [0.25, 0.3) is 0 Å². The smallest absolute Gasteiger partial charge is 0.339 e. The number of furan rings is 1. The molecule has 19 heavy (non-hydrogen) atoms. The SMILES string of the molecule is Cc1ccc(CN(C)c2nc(Cl)ccc2C(=O)O)o1. The molecule has 0 bridgehead atoms. The standard InChI is InChI=1S/C13H13ClN2O3/c1-8-3-4-9(19-8)7-16(2)12-10(13(17)18)5-6-11(14)15-12/h3-6H,7H2,1-2H3,(H,17,18). The number of anilines is 1. The molecule has 100 valence electrons. The van der Waals surface area contributed by atoms with Gasteiger partial charge >= 0.3 is 5.97 Å². The first kappa shape index (κ1) is 13.4. The summed E-state index contributed by atoms with van der Waals surface area (Å²) in [5, 5.41) is 9.39. The van der Waals surface area contributed by atoms with E-state index < -0.39 is 5.97 Å². The summed E-state index contributed by atoms with van der Waals surface area (Å²) in [7, 11) is 1.74. The Balaban J connectivity index is 2.29. The second-order valence-electron chi connectivity index (χ2n) is 4.18. The number of aromatic nitrogens is 1. The number of carboxylic acid groups (broad SMARTS) is 1. The second-order valence-corrected chi connectivity index (χ2v) is 4.57. The van der Waals surface area contributed by atoms with E-state index in [-0.39, 0.29) is 10.7 Å². The number of hydrogen-bond acceptors (Lipinski definition) is 4. The molecule has 2 aromatic rings. The zero-order chi connectivity index (χ0) is 14.0. The minimum Gasteiger partial charge on any atom is -0.478 e. The van der Waals surface area contributed by atoms with Gasteiger partial charge in [-0.3, -0.25) is 0 Å². The van der Waals surface area contributed by atoms with Crippen molar-refractivity contribution in [2.24, 2.45) is 0 Å². The maximum Gasteiger partial charge on any atom is 0.339 e. The Hall–Kier alpha value is -2.01. The molecule has 0 radical (unpaired) electrons. The summed E-state index contributed by atoms with van der Waals surface area (Å²) in [4.78, 5) is 16.9. The normalized spacial score (nSPS) is 10.5. The van der Waals surface area contributed by atoms with Crippen LogP contribution in [0.1, 0.15) is 21.9 Å². The summed E-state index contributed by atoms with van der Waals surface area (Å²) >= 11 is 5.82. The molecule has 2 heterocycles. The lowest BCUT2D eigenvalue weighted by molar-refractivity contribution is 0.0697. The van der Waals surface area contributed by atoms with Gasteiger partial charge in [-0.2, -0.15) is 0 Å². The Kier molecular flexibility index (Phi) is 3.76. The summed E-state index contributed by atoms with van der Waals surface area (Å²) in [6.45, 7) is 2.27. The van der Waals surface area contributed by atoms with Gasteiger partial charge in [0.15, 0.2) is 0 Å². The van der Waals surface area contributed by atoms with E-state index in [1.807, 2.05) is 19.1 Å². The van der Waals surface area contributed by atoms with Crippen LogP contribution in [0.5, 0.6) is 0 Å². The number of rotatable bonds is 4. The molecule has 0 amide bonds. The fraction of sp³-hybridized carbons (Fsp3) is 0.231. The van der Waals surface area contributed by atoms with Crippen LogP contribution in [-0.2, 0) is 6.54 Å². The fourth-order valence-electron chi connectivity index (χ4n) is 1.76. The number of aryl methyl sites for hydroxylation is 1. The third kappa shape index (κ3) is 3.06. The van der Waals surface area contributed by atoms with E-state index in [1.165, 1.54) is 12.1 Å². The van der Waals surface area contributed by atoms with E-state index in [0.717, 1.165) is 11.5 Å². The zero-order valence-corrected chi connectivity index (χ0v) is 11.3. The lowest BCUT2D eigenvalue weighted by Gasteiger charge is -2.18. The topological polar surface area (TPSA) is 66.6 Å². The summed E-state index contributed by atoms with van der Waals surface area (Å²) in [6, 6.07) is 6.60. The summed E-state index contributed by atoms with van der Waals surface area (Å²) in [6.07, 6.45) is 0. The molecular weight excluding hydrogens is 268 g/mol. The highest BCUT2D eigenvalue weighted by Crippen LogP contribution is 2.22. The first-order chi connectivity index (χ1) is 8.97. The Morgan fingerprint density at radius 1 is 1.42 bits per heavy atom. The fourth-order valence-corrected chi connectivity index (χ4v) is 1.90. The van der Waals surface area contributed by atoms with Crippen molar-refractivity contribution >= 4 is 23.4 Å². The highest BCUT2D eigenvalue weighted by molar-refractivity contribution is 6.29. The van der Waals surface area contributed by atoms with Crippen molar-refractivity contribution in [2.45, 2.75) is 13.5 Å². The minimum absolute atomic E-state index is 0.107. The molecule has 0 atom stereocenters. The van der Waals surface area contributed by atoms with Crippen molar-refractivity contribution in [1.82, 2.24) is 4.98 Å². The van der Waals surface area contributed by atoms with E-state index in [4.69, 9.17) is 21.1 Å². The average molecular weight is 281 g/mol. The van der Waals surface area contributed by atoms with E-state index in [1.54, 1.807) is 11.9 Å². The van der Waals surface area contributed by atoms with Gasteiger partial charge < -0.3 is 14.4 Å². The highest BCUT2D eigenvalue weighted by atomic mass is 35.5. The summed E-state index contributed by atoms with van der Waals surface area (Å²) in [5.74, 6) is 0.815. The number of nitrogens with zero attached hydrogens (tertiary/aromatic N) is 2. The van der Waals surface area contributed by atoms with Crippen molar-refractivity contribution in [3.63, 3.8) is 0 Å². The second kappa shape index (κ2) is 5.32. The van der Waals surface area contributed by atoms with Crippen LogP contribution < -0.4 is 4.90 Å². The molecule has 0 spiro atoms. The van der Waals surface area contributed by atoms with Gasteiger partial charge in [-0.05, 0) is 31.2 Å². The molecule has 2 aromatic heterocycles. The zero-order valence-electron chi connectivity index (χ0n) is 10.6. The molecular formula is C13H13ClN2O3. The maximum atomic E-state index is 11.2. The number of hydrogen-bond donors (Lipinski definition) is 1. The summed E-state index contributed by atoms with van der Waals surface area (Å²) in [5.41, 5.74) is 0.107. The van der Waals surface area contributed by atoms with E-state index in [9.17, 15) is 4.79 Å². The van der Waals surface area contributed by atoms with Gasteiger partial charge in [-0.1, -0.05) is 11.6 Å². The molecule has 0 unspecified atom stereocenters. The van der Waals surface area contributed by atoms with Crippen LogP contribution >= 0.6 is 11.6 Å². The van der Waals surface area contributed by atoms with E-state index >= 15 is 0 Å². The van der Waals surface area contributed by atoms with Gasteiger partial charge in [0.2, 0.25) is 0 Å². The Bertz CT molecular complexity index is 610. The highest BCUT2D eigenvalue weighted by Gasteiger charge is 2.16. The van der Waals surface area contributed by atoms with Crippen LogP contribution in [0.4, 0.5) is 5.82 Å². The number of aromatic carboxylic acids is 1. The maximum absolute atomic E-state index is 11.2. The predicted molar refractivity (Wildman–Crippen MR) is 71.8 cm³/mol. The van der Waals surface area contributed by atoms with Crippen LogP contribution in [0.15, 0.2) is 28.7 Å². The van der Waals surface area contributed by atoms with Crippen LogP contribution in [0.25, 0.3) is 0 Å². The average Bonchev–Trinajstić information content (AvgIpc) is 2.74. The van der Waals surface area contributed by atoms with E-state index in [2.05, 4.69) is 4.98 Å². The lowest BCUT2D eigenvalue weighted by atomic mass is 10.2. The molecule has 2 rings (SSSR count). The van der Waals surface area contributed by atoms with Crippen molar-refractivity contribution in [1.29, 1.82) is 0 Å². The molecule has 1 N–H and O–H groups in total. The minimum atomic E-state index is -1.04. The first-order valence-corrected chi connectivity index (χ1v) is 6.01. The van der Waals surface area contributed by atoms with Crippen LogP contribution in [0.3, 0.4) is 0 Å². The van der Waals surface area contributed by atoms with Gasteiger partial charge in [0.1, 0.15) is 28.1 Å². The number of carboxylic acids is 1. The largest absolute Gasteiger partial charge is 0.478 e. The molecule has 0 saturated heterocycles. The quantitative estimate of drug-likeness (QED) is 0.872. The lowest BCUT2D eigenvalue weighted by Crippen LogP contribution is -2.20. The van der Waals surface area contributed by atoms with Gasteiger partial charge in [0.05, 0.1) is 6.54 Å².